The molecule has 3 rings (SSSR count). The van der Waals surface area contributed by atoms with Gasteiger partial charge in [0.05, 0.1) is 16.8 Å². The summed E-state index contributed by atoms with van der Waals surface area (Å²) in [5, 5.41) is 4.24. The molecule has 168 valence electrons. The minimum absolute atomic E-state index is 0.210. The van der Waals surface area contributed by atoms with Crippen LogP contribution >= 0.6 is 27.5 Å². The van der Waals surface area contributed by atoms with E-state index in [1.165, 1.54) is 6.21 Å². The molecule has 0 heterocycles. The molecule has 0 spiro atoms. The quantitative estimate of drug-likeness (QED) is 0.130. The molecule has 33 heavy (non-hydrogen) atoms. The van der Waals surface area contributed by atoms with Crippen molar-refractivity contribution in [3.05, 3.63) is 106 Å². The van der Waals surface area contributed by atoms with Gasteiger partial charge in [-0.15, -0.1) is 6.58 Å². The van der Waals surface area contributed by atoms with E-state index in [1.807, 2.05) is 18.2 Å². The topological polar surface area (TPSA) is 77.0 Å². The Morgan fingerprint density at radius 2 is 1.82 bits per heavy atom. The lowest BCUT2D eigenvalue weighted by Crippen LogP contribution is -2.24. The third-order valence-corrected chi connectivity index (χ3v) is 5.18. The second-order valence-electron chi connectivity index (χ2n) is 6.73. The third kappa shape index (κ3) is 7.03. The first-order valence-electron chi connectivity index (χ1n) is 9.87. The van der Waals surface area contributed by atoms with E-state index in [0.717, 1.165) is 10.0 Å². The maximum atomic E-state index is 12.5. The summed E-state index contributed by atoms with van der Waals surface area (Å²) in [5.74, 6) is -0.175. The van der Waals surface area contributed by atoms with Crippen LogP contribution in [-0.2, 0) is 11.2 Å². The summed E-state index contributed by atoms with van der Waals surface area (Å²) in [6, 6.07) is 19.1. The van der Waals surface area contributed by atoms with Crippen molar-refractivity contribution >= 4 is 45.6 Å². The van der Waals surface area contributed by atoms with Crippen LogP contribution in [0.15, 0.2) is 89.0 Å². The minimum Gasteiger partial charge on any atom is -0.483 e. The van der Waals surface area contributed by atoms with Gasteiger partial charge in [0, 0.05) is 10.0 Å². The first-order chi connectivity index (χ1) is 16.0. The number of nitrogens with one attached hydrogen (secondary N) is 1. The molecule has 0 aliphatic rings. The van der Waals surface area contributed by atoms with Gasteiger partial charge in [-0.3, -0.25) is 4.79 Å². The Hall–Kier alpha value is -3.42. The highest BCUT2D eigenvalue weighted by atomic mass is 79.9. The van der Waals surface area contributed by atoms with Crippen molar-refractivity contribution in [1.29, 1.82) is 0 Å². The summed E-state index contributed by atoms with van der Waals surface area (Å²) >= 11 is 9.44. The average Bonchev–Trinajstić information content (AvgIpc) is 2.80. The van der Waals surface area contributed by atoms with Crippen LogP contribution in [0.3, 0.4) is 0 Å². The normalized spacial score (nSPS) is 10.6. The fourth-order valence-corrected chi connectivity index (χ4v) is 3.40. The van der Waals surface area contributed by atoms with Crippen molar-refractivity contribution in [1.82, 2.24) is 5.43 Å². The van der Waals surface area contributed by atoms with Crippen LogP contribution in [0.5, 0.6) is 11.5 Å². The third-order valence-electron chi connectivity index (χ3n) is 4.36. The van der Waals surface area contributed by atoms with Gasteiger partial charge in [0.1, 0.15) is 11.5 Å². The molecule has 0 radical (unpaired) electrons. The second kappa shape index (κ2) is 12.0. The highest BCUT2D eigenvalue weighted by Crippen LogP contribution is 2.24. The van der Waals surface area contributed by atoms with Crippen molar-refractivity contribution in [3.8, 4) is 11.5 Å². The van der Waals surface area contributed by atoms with Crippen molar-refractivity contribution in [2.45, 2.75) is 6.42 Å². The van der Waals surface area contributed by atoms with Gasteiger partial charge >= 0.3 is 5.97 Å². The summed E-state index contributed by atoms with van der Waals surface area (Å²) in [6.07, 6.45) is 3.78. The van der Waals surface area contributed by atoms with Crippen molar-refractivity contribution < 1.29 is 19.1 Å². The fraction of sp³-hybridized carbons (Fsp3) is 0.0800. The Morgan fingerprint density at radius 1 is 1.06 bits per heavy atom. The summed E-state index contributed by atoms with van der Waals surface area (Å²) in [6.45, 7) is 3.51. The fourth-order valence-electron chi connectivity index (χ4n) is 2.81. The van der Waals surface area contributed by atoms with Crippen LogP contribution in [-0.4, -0.2) is 24.7 Å². The van der Waals surface area contributed by atoms with Gasteiger partial charge in [0.2, 0.25) is 0 Å². The smallest absolute Gasteiger partial charge is 0.345 e. The van der Waals surface area contributed by atoms with E-state index in [-0.39, 0.29) is 22.9 Å². The van der Waals surface area contributed by atoms with Crippen LogP contribution in [0, 0.1) is 0 Å². The highest BCUT2D eigenvalue weighted by Gasteiger charge is 2.14. The monoisotopic (exact) mass is 526 g/mol. The van der Waals surface area contributed by atoms with Gasteiger partial charge in [-0.05, 0) is 48.4 Å². The first-order valence-corrected chi connectivity index (χ1v) is 11.0. The zero-order valence-corrected chi connectivity index (χ0v) is 19.8. The van der Waals surface area contributed by atoms with Gasteiger partial charge in [-0.1, -0.05) is 63.9 Å². The summed E-state index contributed by atoms with van der Waals surface area (Å²) in [4.78, 5) is 24.6. The first kappa shape index (κ1) is 24.2. The number of para-hydroxylation sites is 1. The molecule has 0 saturated heterocycles. The Kier molecular flexibility index (Phi) is 8.80. The maximum absolute atomic E-state index is 12.5. The van der Waals surface area contributed by atoms with E-state index >= 15 is 0 Å². The number of carbonyl (C=O) groups excluding carboxylic acids is 2. The molecule has 3 aromatic carbocycles. The predicted molar refractivity (Wildman–Crippen MR) is 132 cm³/mol. The van der Waals surface area contributed by atoms with Crippen LogP contribution < -0.4 is 14.9 Å². The number of halogens is 2. The molecule has 0 aliphatic carbocycles. The van der Waals surface area contributed by atoms with E-state index < -0.39 is 11.9 Å². The molecule has 3 aromatic rings. The summed E-state index contributed by atoms with van der Waals surface area (Å²) < 4.78 is 11.8. The van der Waals surface area contributed by atoms with Crippen molar-refractivity contribution in [3.63, 3.8) is 0 Å². The lowest BCUT2D eigenvalue weighted by atomic mass is 10.1. The Bertz CT molecular complexity index is 1200. The maximum Gasteiger partial charge on any atom is 0.345 e. The molecule has 1 amide bonds. The lowest BCUT2D eigenvalue weighted by molar-refractivity contribution is -0.123. The Balaban J connectivity index is 1.63. The number of hydrazone groups is 1. The van der Waals surface area contributed by atoms with E-state index in [4.69, 9.17) is 21.1 Å². The second-order valence-corrected chi connectivity index (χ2v) is 8.06. The van der Waals surface area contributed by atoms with Crippen LogP contribution in [0.25, 0.3) is 0 Å². The van der Waals surface area contributed by atoms with E-state index in [1.54, 1.807) is 54.6 Å². The molecule has 0 bridgehead atoms. The van der Waals surface area contributed by atoms with E-state index in [2.05, 4.69) is 33.0 Å². The number of nitrogens with zero attached hydrogens (tertiary/aromatic N) is 1. The average molecular weight is 528 g/mol. The predicted octanol–water partition coefficient (Wildman–Crippen LogP) is 5.58. The molecule has 8 heteroatoms. The zero-order chi connectivity index (χ0) is 23.6. The molecule has 0 unspecified atom stereocenters. The number of allylic oxidation sites excluding steroid dienone is 1. The summed E-state index contributed by atoms with van der Waals surface area (Å²) in [5.41, 5.74) is 4.05. The number of rotatable bonds is 9. The number of carbonyl (C=O) groups is 2. The largest absolute Gasteiger partial charge is 0.483 e. The Labute approximate surface area is 205 Å². The van der Waals surface area contributed by atoms with E-state index in [0.29, 0.717) is 17.7 Å². The molecule has 0 fully saturated rings. The molecular weight excluding hydrogens is 508 g/mol. The van der Waals surface area contributed by atoms with E-state index in [9.17, 15) is 9.59 Å². The molecule has 0 saturated carbocycles. The minimum atomic E-state index is -0.604. The number of ether oxygens (including phenoxy) is 2. The molecular formula is C25H20BrClN2O4. The van der Waals surface area contributed by atoms with Gasteiger partial charge < -0.3 is 9.47 Å². The lowest BCUT2D eigenvalue weighted by Gasteiger charge is -2.10. The van der Waals surface area contributed by atoms with Gasteiger partial charge in [0.25, 0.3) is 5.91 Å². The van der Waals surface area contributed by atoms with Gasteiger partial charge in [0.15, 0.2) is 6.61 Å². The number of hydrogen-bond donors (Lipinski definition) is 1. The van der Waals surface area contributed by atoms with Crippen LogP contribution in [0.2, 0.25) is 5.02 Å². The van der Waals surface area contributed by atoms with Crippen LogP contribution in [0.1, 0.15) is 21.5 Å². The number of amides is 1. The van der Waals surface area contributed by atoms with Gasteiger partial charge in [-0.25, -0.2) is 10.2 Å². The Morgan fingerprint density at radius 3 is 2.61 bits per heavy atom. The van der Waals surface area contributed by atoms with Crippen LogP contribution in [0.4, 0.5) is 0 Å². The zero-order valence-electron chi connectivity index (χ0n) is 17.5. The highest BCUT2D eigenvalue weighted by molar-refractivity contribution is 9.10. The summed E-state index contributed by atoms with van der Waals surface area (Å²) in [7, 11) is 0. The van der Waals surface area contributed by atoms with Gasteiger partial charge in [-0.2, -0.15) is 5.10 Å². The standard InChI is InChI=1S/C25H20BrClN2O4/c1-2-7-17-8-3-6-11-22(17)32-16-24(30)29-28-15-18-14-19(26)12-13-23(18)33-25(31)20-9-4-5-10-21(20)27/h2-6,8-15H,1,7,16H2,(H,29,30)/b28-15+. The number of esters is 1. The SMILES string of the molecule is C=CCc1ccccc1OCC(=O)N/N=C/c1cc(Br)ccc1OC(=O)c1ccccc1Cl. The molecule has 0 atom stereocenters. The number of hydrogen-bond acceptors (Lipinski definition) is 5. The molecule has 6 nitrogen and oxygen atoms in total. The number of benzene rings is 3. The van der Waals surface area contributed by atoms with Crippen molar-refractivity contribution in [2.75, 3.05) is 6.61 Å². The molecule has 1 N–H and O–H groups in total. The van der Waals surface area contributed by atoms with Crippen molar-refractivity contribution in [2.24, 2.45) is 5.10 Å². The molecule has 0 aliphatic heterocycles. The molecule has 0 aromatic heterocycles.